The van der Waals surface area contributed by atoms with Crippen LogP contribution < -0.4 is 4.90 Å². The minimum Gasteiger partial charge on any atom is -0.466 e. The molecule has 0 spiro atoms. The summed E-state index contributed by atoms with van der Waals surface area (Å²) in [4.78, 5) is 11.9. The topological polar surface area (TPSA) is 86.3 Å². The molecule has 0 amide bonds. The molecule has 1 heterocycles. The van der Waals surface area contributed by atoms with Crippen LogP contribution in [0.3, 0.4) is 0 Å². The maximum atomic E-state index is 9.82. The van der Waals surface area contributed by atoms with Crippen LogP contribution in [0, 0.1) is 22.7 Å². The number of esters is 1. The summed E-state index contributed by atoms with van der Waals surface area (Å²) in [5, 5.41) is 18.0. The van der Waals surface area contributed by atoms with Crippen LogP contribution in [-0.4, -0.2) is 26.7 Å². The summed E-state index contributed by atoms with van der Waals surface area (Å²) in [6.45, 7) is 9.91. The molecule has 188 valence electrons. The van der Waals surface area contributed by atoms with Gasteiger partial charge in [0.1, 0.15) is 29.2 Å². The second kappa shape index (κ2) is 18.6. The first kappa shape index (κ1) is 31.2. The van der Waals surface area contributed by atoms with Gasteiger partial charge in [0.15, 0.2) is 0 Å². The Morgan fingerprint density at radius 3 is 1.97 bits per heavy atom. The number of hydrogen-bond acceptors (Lipinski definition) is 6. The molecule has 0 fully saturated rings. The van der Waals surface area contributed by atoms with Crippen molar-refractivity contribution in [1.29, 1.82) is 10.5 Å². The van der Waals surface area contributed by atoms with Gasteiger partial charge in [-0.3, -0.25) is 4.79 Å². The highest BCUT2D eigenvalue weighted by Gasteiger charge is 2.10. The number of carbonyl (C=O) groups is 1. The van der Waals surface area contributed by atoms with Gasteiger partial charge in [-0.05, 0) is 49.8 Å². The molecule has 6 heteroatoms. The number of allylic oxidation sites excluding steroid dienone is 6. The summed E-state index contributed by atoms with van der Waals surface area (Å²) in [5.74, 6) is 1.03. The Bertz CT molecular complexity index is 965. The molecule has 1 aliphatic heterocycles. The van der Waals surface area contributed by atoms with E-state index in [-0.39, 0.29) is 11.5 Å². The molecule has 1 aromatic carbocycles. The van der Waals surface area contributed by atoms with Gasteiger partial charge < -0.3 is 14.4 Å². The summed E-state index contributed by atoms with van der Waals surface area (Å²) in [7, 11) is 3.99. The molecule has 0 aliphatic carbocycles. The molecule has 0 atom stereocenters. The largest absolute Gasteiger partial charge is 0.466 e. The lowest BCUT2D eigenvalue weighted by atomic mass is 10.1. The average Bonchev–Trinajstić information content (AvgIpc) is 2.83. The number of unbranched alkanes of at least 4 members (excludes halogenated alkanes) is 3. The van der Waals surface area contributed by atoms with Crippen LogP contribution in [-0.2, 0) is 14.3 Å². The number of ether oxygens (including phenoxy) is 2. The van der Waals surface area contributed by atoms with Crippen molar-refractivity contribution in [3.63, 3.8) is 0 Å². The standard InChI is InChI=1S/C19H17N3O.C6H14.C4H8O2/c1-14-10-16(17(12-20)13-21)11-19(23-14)9-6-15-4-7-18(8-5-15)22(2)3;1-3-5-6-4-2;1-3-6-4(2)5/h4-11H,1-3H3;3-6H2,1-2H3;3H2,1-2H3/b9-6+;;. The molecule has 35 heavy (non-hydrogen) atoms. The van der Waals surface area contributed by atoms with Crippen LogP contribution in [0.2, 0.25) is 0 Å². The van der Waals surface area contributed by atoms with Gasteiger partial charge in [-0.1, -0.05) is 57.7 Å². The van der Waals surface area contributed by atoms with E-state index >= 15 is 0 Å². The third-order valence-corrected chi connectivity index (χ3v) is 4.60. The van der Waals surface area contributed by atoms with E-state index in [9.17, 15) is 4.79 Å². The third-order valence-electron chi connectivity index (χ3n) is 4.60. The highest BCUT2D eigenvalue weighted by Crippen LogP contribution is 2.23. The van der Waals surface area contributed by atoms with Crippen molar-refractivity contribution in [1.82, 2.24) is 0 Å². The second-order valence-electron chi connectivity index (χ2n) is 7.91. The van der Waals surface area contributed by atoms with Gasteiger partial charge in [0.05, 0.1) is 6.61 Å². The summed E-state index contributed by atoms with van der Waals surface area (Å²) in [6, 6.07) is 11.9. The van der Waals surface area contributed by atoms with Crippen molar-refractivity contribution in [3.8, 4) is 12.1 Å². The number of nitriles is 2. The second-order valence-corrected chi connectivity index (χ2v) is 7.91. The van der Waals surface area contributed by atoms with Gasteiger partial charge in [0, 0.05) is 32.3 Å². The number of rotatable bonds is 7. The van der Waals surface area contributed by atoms with E-state index < -0.39 is 0 Å². The quantitative estimate of drug-likeness (QED) is 0.237. The maximum absolute atomic E-state index is 9.82. The van der Waals surface area contributed by atoms with Crippen LogP contribution in [0.4, 0.5) is 5.69 Å². The molecule has 0 N–H and O–H groups in total. The van der Waals surface area contributed by atoms with Crippen molar-refractivity contribution >= 4 is 17.7 Å². The third kappa shape index (κ3) is 14.2. The highest BCUT2D eigenvalue weighted by atomic mass is 16.5. The molecule has 0 saturated heterocycles. The summed E-state index contributed by atoms with van der Waals surface area (Å²) in [5.41, 5.74) is 2.82. The molecule has 0 unspecified atom stereocenters. The molecule has 6 nitrogen and oxygen atoms in total. The Morgan fingerprint density at radius 2 is 1.57 bits per heavy atom. The van der Waals surface area contributed by atoms with E-state index in [2.05, 4.69) is 18.6 Å². The normalized spacial score (nSPS) is 11.7. The Balaban J connectivity index is 0.000000797. The first-order valence-corrected chi connectivity index (χ1v) is 11.9. The van der Waals surface area contributed by atoms with E-state index in [1.54, 1.807) is 26.0 Å². The van der Waals surface area contributed by atoms with Gasteiger partial charge in [-0.25, -0.2) is 0 Å². The number of carbonyl (C=O) groups excluding carboxylic acids is 1. The van der Waals surface area contributed by atoms with Crippen LogP contribution in [0.1, 0.15) is 65.9 Å². The fourth-order valence-electron chi connectivity index (χ4n) is 2.80. The van der Waals surface area contributed by atoms with Gasteiger partial charge in [-0.2, -0.15) is 10.5 Å². The SMILES string of the molecule is CC1=CC(=C(C#N)C#N)C=C(/C=C/c2ccc(N(C)C)cc2)O1.CCCCCC.CCOC(C)=O. The van der Waals surface area contributed by atoms with Crippen LogP contribution in [0.5, 0.6) is 0 Å². The molecular weight excluding hydrogens is 438 g/mol. The van der Waals surface area contributed by atoms with Crippen molar-refractivity contribution in [3.05, 3.63) is 70.7 Å². The zero-order valence-corrected chi connectivity index (χ0v) is 22.2. The monoisotopic (exact) mass is 477 g/mol. The molecule has 0 radical (unpaired) electrons. The fourth-order valence-corrected chi connectivity index (χ4v) is 2.80. The van der Waals surface area contributed by atoms with E-state index in [1.807, 2.05) is 67.6 Å². The molecule has 0 aromatic heterocycles. The molecule has 1 aliphatic rings. The number of anilines is 1. The lowest BCUT2D eigenvalue weighted by Crippen LogP contribution is -2.07. The van der Waals surface area contributed by atoms with E-state index in [1.165, 1.54) is 32.6 Å². The van der Waals surface area contributed by atoms with Crippen molar-refractivity contribution < 1.29 is 14.3 Å². The van der Waals surface area contributed by atoms with Crippen molar-refractivity contribution in [2.75, 3.05) is 25.6 Å². The van der Waals surface area contributed by atoms with Crippen LogP contribution in [0.25, 0.3) is 6.08 Å². The molecule has 2 rings (SSSR count). The number of benzene rings is 1. The minimum absolute atomic E-state index is 0.0777. The smallest absolute Gasteiger partial charge is 0.302 e. The highest BCUT2D eigenvalue weighted by molar-refractivity contribution is 5.65. The van der Waals surface area contributed by atoms with Crippen molar-refractivity contribution in [2.45, 2.75) is 60.3 Å². The lowest BCUT2D eigenvalue weighted by Gasteiger charge is -2.13. The first-order valence-electron chi connectivity index (χ1n) is 11.9. The van der Waals surface area contributed by atoms with Gasteiger partial charge in [0.2, 0.25) is 0 Å². The zero-order chi connectivity index (χ0) is 26.6. The van der Waals surface area contributed by atoms with Crippen LogP contribution >= 0.6 is 0 Å². The summed E-state index contributed by atoms with van der Waals surface area (Å²) >= 11 is 0. The number of hydrogen-bond donors (Lipinski definition) is 0. The van der Waals surface area contributed by atoms with Crippen LogP contribution in [0.15, 0.2) is 65.2 Å². The maximum Gasteiger partial charge on any atom is 0.302 e. The Morgan fingerprint density at radius 1 is 1.00 bits per heavy atom. The van der Waals surface area contributed by atoms with Gasteiger partial charge in [0.25, 0.3) is 0 Å². The Hall–Kier alpha value is -3.77. The van der Waals surface area contributed by atoms with Gasteiger partial charge >= 0.3 is 5.97 Å². The zero-order valence-electron chi connectivity index (χ0n) is 22.2. The Kier molecular flexibility index (Phi) is 16.6. The van der Waals surface area contributed by atoms with Crippen molar-refractivity contribution in [2.24, 2.45) is 0 Å². The lowest BCUT2D eigenvalue weighted by molar-refractivity contribution is -0.140. The summed E-state index contributed by atoms with van der Waals surface area (Å²) in [6.07, 6.45) is 12.7. The van der Waals surface area contributed by atoms with E-state index in [4.69, 9.17) is 15.3 Å². The molecule has 1 aromatic rings. The average molecular weight is 478 g/mol. The molecule has 0 saturated carbocycles. The fraction of sp³-hybridized carbons (Fsp3) is 0.414. The van der Waals surface area contributed by atoms with E-state index in [0.717, 1.165) is 11.3 Å². The first-order chi connectivity index (χ1) is 16.7. The Labute approximate surface area is 211 Å². The predicted molar refractivity (Wildman–Crippen MR) is 143 cm³/mol. The van der Waals surface area contributed by atoms with E-state index in [0.29, 0.717) is 23.7 Å². The predicted octanol–water partition coefficient (Wildman–Crippen LogP) is 7.08. The number of nitrogens with zero attached hydrogens (tertiary/aromatic N) is 3. The molecular formula is C29H39N3O3. The minimum atomic E-state index is -0.211. The molecule has 0 bridgehead atoms. The summed E-state index contributed by atoms with van der Waals surface area (Å²) < 4.78 is 10.0. The van der Waals surface area contributed by atoms with Gasteiger partial charge in [-0.15, -0.1) is 0 Å².